The van der Waals surface area contributed by atoms with Gasteiger partial charge in [-0.1, -0.05) is 19.1 Å². The van der Waals surface area contributed by atoms with Crippen molar-refractivity contribution in [1.29, 1.82) is 0 Å². The Morgan fingerprint density at radius 1 is 1.43 bits per heavy atom. The van der Waals surface area contributed by atoms with Gasteiger partial charge in [-0.05, 0) is 44.2 Å². The van der Waals surface area contributed by atoms with Gasteiger partial charge in [0.1, 0.15) is 10.8 Å². The van der Waals surface area contributed by atoms with Crippen LogP contribution in [0.2, 0.25) is 0 Å². The monoisotopic (exact) mass is 318 g/mol. The van der Waals surface area contributed by atoms with E-state index < -0.39 is 0 Å². The van der Waals surface area contributed by atoms with Crippen molar-refractivity contribution >= 4 is 39.5 Å². The van der Waals surface area contributed by atoms with Crippen LogP contribution in [0.4, 0.5) is 10.9 Å². The van der Waals surface area contributed by atoms with Crippen LogP contribution in [-0.4, -0.2) is 15.0 Å². The zero-order valence-electron chi connectivity index (χ0n) is 12.2. The molecule has 0 fully saturated rings. The summed E-state index contributed by atoms with van der Waals surface area (Å²) in [4.78, 5) is 10.9. The molecule has 1 aliphatic rings. The second-order valence-corrected chi connectivity index (χ2v) is 6.85. The first-order valence-corrected chi connectivity index (χ1v) is 8.37. The topological polar surface area (TPSA) is 63.8 Å². The molecule has 0 atom stereocenters. The number of fused-ring (bicyclic) bond motifs is 1. The Hall–Kier alpha value is -1.53. The molecule has 110 valence electrons. The number of rotatable bonds is 4. The Kier molecular flexibility index (Phi) is 3.91. The fraction of sp³-hybridized carbons (Fsp3) is 0.400. The van der Waals surface area contributed by atoms with Gasteiger partial charge >= 0.3 is 0 Å². The van der Waals surface area contributed by atoms with Gasteiger partial charge in [-0.25, -0.2) is 9.97 Å². The van der Waals surface area contributed by atoms with Crippen LogP contribution in [0, 0.1) is 6.92 Å². The van der Waals surface area contributed by atoms with Gasteiger partial charge in [0.15, 0.2) is 5.13 Å². The first-order valence-electron chi connectivity index (χ1n) is 7.14. The normalized spacial score (nSPS) is 13.2. The van der Waals surface area contributed by atoms with E-state index in [4.69, 9.17) is 22.9 Å². The molecule has 0 spiro atoms. The Morgan fingerprint density at radius 2 is 2.24 bits per heavy atom. The number of hydrogen-bond donors (Lipinski definition) is 2. The zero-order chi connectivity index (χ0) is 15.0. The number of aromatic nitrogens is 2. The summed E-state index contributed by atoms with van der Waals surface area (Å²) in [5.41, 5.74) is 10.2. The minimum absolute atomic E-state index is 0.378. The summed E-state index contributed by atoms with van der Waals surface area (Å²) in [7, 11) is 0. The van der Waals surface area contributed by atoms with Crippen LogP contribution in [0.3, 0.4) is 0 Å². The van der Waals surface area contributed by atoms with Crippen molar-refractivity contribution < 1.29 is 0 Å². The number of pyridine rings is 1. The summed E-state index contributed by atoms with van der Waals surface area (Å²) in [5, 5.41) is 4.16. The largest absolute Gasteiger partial charge is 0.389 e. The summed E-state index contributed by atoms with van der Waals surface area (Å²) < 4.78 is 0. The van der Waals surface area contributed by atoms with Gasteiger partial charge in [-0.3, -0.25) is 0 Å². The molecule has 3 N–H and O–H groups in total. The third-order valence-corrected chi connectivity index (χ3v) is 4.92. The number of anilines is 2. The van der Waals surface area contributed by atoms with Gasteiger partial charge in [0, 0.05) is 10.6 Å². The lowest BCUT2D eigenvalue weighted by molar-refractivity contribution is 0.900. The van der Waals surface area contributed by atoms with E-state index in [1.165, 1.54) is 10.4 Å². The number of aryl methyl sites for hydroxylation is 4. The van der Waals surface area contributed by atoms with Gasteiger partial charge in [0.2, 0.25) is 0 Å². The Morgan fingerprint density at radius 3 is 2.90 bits per heavy atom. The standard InChI is InChI=1S/C15H18N4S2/c1-3-11-8(2)21-15(18-11)19-14-10(13(16)20)7-9-5-4-6-12(9)17-14/h7H,3-6H2,1-2H3,(H2,16,20)(H,17,18,19). The number of nitrogens with one attached hydrogen (secondary N) is 1. The Bertz CT molecular complexity index is 706. The molecule has 2 aromatic rings. The molecule has 0 aromatic carbocycles. The molecule has 2 aromatic heterocycles. The second-order valence-electron chi connectivity index (χ2n) is 5.21. The van der Waals surface area contributed by atoms with Crippen molar-refractivity contribution in [3.63, 3.8) is 0 Å². The lowest BCUT2D eigenvalue weighted by atomic mass is 10.1. The van der Waals surface area contributed by atoms with Gasteiger partial charge in [0.25, 0.3) is 0 Å². The highest BCUT2D eigenvalue weighted by Gasteiger charge is 2.18. The second kappa shape index (κ2) is 5.69. The molecule has 0 saturated heterocycles. The maximum Gasteiger partial charge on any atom is 0.188 e. The highest BCUT2D eigenvalue weighted by atomic mass is 32.1. The third-order valence-electron chi connectivity index (χ3n) is 3.77. The summed E-state index contributed by atoms with van der Waals surface area (Å²) >= 11 is 6.81. The van der Waals surface area contributed by atoms with Gasteiger partial charge in [-0.2, -0.15) is 0 Å². The van der Waals surface area contributed by atoms with Crippen molar-refractivity contribution in [3.05, 3.63) is 33.5 Å². The number of thiazole rings is 1. The first-order chi connectivity index (χ1) is 10.1. The van der Waals surface area contributed by atoms with E-state index >= 15 is 0 Å². The molecule has 21 heavy (non-hydrogen) atoms. The fourth-order valence-corrected chi connectivity index (χ4v) is 3.72. The SMILES string of the molecule is CCc1nc(Nc2nc3c(cc2C(N)=S)CCC3)sc1C. The van der Waals surface area contributed by atoms with Gasteiger partial charge in [-0.15, -0.1) is 11.3 Å². The highest BCUT2D eigenvalue weighted by molar-refractivity contribution is 7.80. The van der Waals surface area contributed by atoms with E-state index in [0.29, 0.717) is 4.99 Å². The summed E-state index contributed by atoms with van der Waals surface area (Å²) in [5.74, 6) is 0.736. The lowest BCUT2D eigenvalue weighted by Gasteiger charge is -2.11. The van der Waals surface area contributed by atoms with Crippen LogP contribution < -0.4 is 11.1 Å². The van der Waals surface area contributed by atoms with Crippen molar-refractivity contribution in [3.8, 4) is 0 Å². The molecule has 0 radical (unpaired) electrons. The number of hydrogen-bond acceptors (Lipinski definition) is 5. The van der Waals surface area contributed by atoms with E-state index in [-0.39, 0.29) is 0 Å². The first kappa shape index (κ1) is 14.4. The molecule has 0 aliphatic heterocycles. The molecule has 4 nitrogen and oxygen atoms in total. The molecular weight excluding hydrogens is 300 g/mol. The van der Waals surface area contributed by atoms with E-state index in [2.05, 4.69) is 30.2 Å². The maximum atomic E-state index is 5.86. The summed E-state index contributed by atoms with van der Waals surface area (Å²) in [6, 6.07) is 2.08. The van der Waals surface area contributed by atoms with E-state index in [1.54, 1.807) is 11.3 Å². The number of nitrogens with zero attached hydrogens (tertiary/aromatic N) is 2. The van der Waals surface area contributed by atoms with E-state index in [1.807, 2.05) is 0 Å². The highest BCUT2D eigenvalue weighted by Crippen LogP contribution is 2.30. The molecule has 1 aliphatic carbocycles. The van der Waals surface area contributed by atoms with Crippen molar-refractivity contribution in [2.75, 3.05) is 5.32 Å². The van der Waals surface area contributed by atoms with E-state index in [0.717, 1.165) is 53.6 Å². The average Bonchev–Trinajstić information content (AvgIpc) is 3.03. The number of nitrogens with two attached hydrogens (primary N) is 1. The molecule has 0 amide bonds. The molecule has 0 saturated carbocycles. The Labute approximate surface area is 133 Å². The predicted octanol–water partition coefficient (Wildman–Crippen LogP) is 3.28. The third kappa shape index (κ3) is 2.78. The minimum Gasteiger partial charge on any atom is -0.389 e. The van der Waals surface area contributed by atoms with E-state index in [9.17, 15) is 0 Å². The van der Waals surface area contributed by atoms with Crippen molar-refractivity contribution in [2.45, 2.75) is 39.5 Å². The molecular formula is C15H18N4S2. The quantitative estimate of drug-likeness (QED) is 0.847. The van der Waals surface area contributed by atoms with Gasteiger partial charge < -0.3 is 11.1 Å². The molecule has 0 unspecified atom stereocenters. The van der Waals surface area contributed by atoms with Crippen LogP contribution in [0.1, 0.15) is 40.7 Å². The molecule has 2 heterocycles. The molecule has 3 rings (SSSR count). The Balaban J connectivity index is 1.98. The van der Waals surface area contributed by atoms with Crippen LogP contribution >= 0.6 is 23.6 Å². The zero-order valence-corrected chi connectivity index (χ0v) is 13.8. The minimum atomic E-state index is 0.378. The molecule has 6 heteroatoms. The van der Waals surface area contributed by atoms with Crippen LogP contribution in [0.25, 0.3) is 0 Å². The van der Waals surface area contributed by atoms with Gasteiger partial charge in [0.05, 0.1) is 11.3 Å². The van der Waals surface area contributed by atoms with Crippen LogP contribution in [0.5, 0.6) is 0 Å². The fourth-order valence-electron chi connectivity index (χ4n) is 2.67. The summed E-state index contributed by atoms with van der Waals surface area (Å²) in [6.07, 6.45) is 4.18. The van der Waals surface area contributed by atoms with Crippen molar-refractivity contribution in [1.82, 2.24) is 9.97 Å². The smallest absolute Gasteiger partial charge is 0.188 e. The summed E-state index contributed by atoms with van der Waals surface area (Å²) in [6.45, 7) is 4.20. The number of thiocarbonyl (C=S) groups is 1. The maximum absolute atomic E-state index is 5.86. The van der Waals surface area contributed by atoms with Crippen LogP contribution in [-0.2, 0) is 19.3 Å². The predicted molar refractivity (Wildman–Crippen MR) is 91.7 cm³/mol. The van der Waals surface area contributed by atoms with Crippen molar-refractivity contribution in [2.24, 2.45) is 5.73 Å². The van der Waals surface area contributed by atoms with Crippen LogP contribution in [0.15, 0.2) is 6.07 Å². The average molecular weight is 318 g/mol. The lowest BCUT2D eigenvalue weighted by Crippen LogP contribution is -2.14. The molecule has 0 bridgehead atoms.